The van der Waals surface area contributed by atoms with E-state index in [1.807, 2.05) is 36.4 Å². The Balaban J connectivity index is 1.72. The van der Waals surface area contributed by atoms with E-state index >= 15 is 0 Å². The fourth-order valence-electron chi connectivity index (χ4n) is 3.24. The number of nitrogens with one attached hydrogen (secondary N) is 1. The minimum absolute atomic E-state index is 0.0198. The van der Waals surface area contributed by atoms with Gasteiger partial charge in [0.05, 0.1) is 16.9 Å². The summed E-state index contributed by atoms with van der Waals surface area (Å²) in [4.78, 5) is 17.0. The van der Waals surface area contributed by atoms with E-state index in [0.29, 0.717) is 18.4 Å². The van der Waals surface area contributed by atoms with Crippen molar-refractivity contribution < 1.29 is 9.90 Å². The number of anilines is 1. The van der Waals surface area contributed by atoms with E-state index in [-0.39, 0.29) is 17.5 Å². The molecule has 2 aliphatic rings. The number of carbonyl (C=O) groups is 1. The number of aliphatic imine (C=N–C) groups is 1. The Hall–Kier alpha value is -2.88. The molecule has 0 aromatic heterocycles. The van der Waals surface area contributed by atoms with Gasteiger partial charge < -0.3 is 10.4 Å². The van der Waals surface area contributed by atoms with Crippen molar-refractivity contribution in [3.05, 3.63) is 65.4 Å². The molecule has 0 bridgehead atoms. The monoisotopic (exact) mass is 304 g/mol. The molecule has 4 heteroatoms. The molecule has 2 aromatic rings. The molecule has 0 amide bonds. The van der Waals surface area contributed by atoms with Crippen LogP contribution in [0.3, 0.4) is 0 Å². The highest BCUT2D eigenvalue weighted by molar-refractivity contribution is 6.16. The Morgan fingerprint density at radius 3 is 2.70 bits per heavy atom. The Morgan fingerprint density at radius 1 is 1.04 bits per heavy atom. The molecule has 1 aliphatic heterocycles. The van der Waals surface area contributed by atoms with Crippen LogP contribution < -0.4 is 5.32 Å². The van der Waals surface area contributed by atoms with Gasteiger partial charge in [0.1, 0.15) is 5.75 Å². The molecule has 2 N–H and O–H groups in total. The van der Waals surface area contributed by atoms with Gasteiger partial charge in [-0.1, -0.05) is 30.3 Å². The maximum absolute atomic E-state index is 12.6. The van der Waals surface area contributed by atoms with E-state index in [1.54, 1.807) is 18.3 Å². The number of Topliss-reactive ketones (excluding diaryl/α,β-unsaturated/α-hetero) is 1. The number of ketones is 1. The standard InChI is InChI=1S/C19H16N2O2/c22-18-8-4-1-5-13(18)12-9-17-14(19(23)10-12)11-20-15-6-2-3-7-16(15)21-17/h1-8,11-12,21-22H,9-10H2/t12-/m0/s1. The predicted octanol–water partition coefficient (Wildman–Crippen LogP) is 3.92. The van der Waals surface area contributed by atoms with E-state index in [2.05, 4.69) is 10.3 Å². The van der Waals surface area contributed by atoms with Crippen LogP contribution in [0.5, 0.6) is 5.75 Å². The third-order valence-electron chi connectivity index (χ3n) is 4.41. The maximum atomic E-state index is 12.6. The van der Waals surface area contributed by atoms with E-state index in [0.717, 1.165) is 22.6 Å². The zero-order valence-corrected chi connectivity index (χ0v) is 12.5. The van der Waals surface area contributed by atoms with E-state index < -0.39 is 0 Å². The number of para-hydroxylation sites is 3. The second-order valence-electron chi connectivity index (χ2n) is 5.88. The van der Waals surface area contributed by atoms with Gasteiger partial charge >= 0.3 is 0 Å². The Morgan fingerprint density at radius 2 is 1.83 bits per heavy atom. The molecule has 0 unspecified atom stereocenters. The molecule has 1 aliphatic carbocycles. The second-order valence-corrected chi connectivity index (χ2v) is 5.88. The summed E-state index contributed by atoms with van der Waals surface area (Å²) >= 11 is 0. The van der Waals surface area contributed by atoms with Crippen LogP contribution in [0.1, 0.15) is 24.3 Å². The highest BCUT2D eigenvalue weighted by Gasteiger charge is 2.30. The van der Waals surface area contributed by atoms with Gasteiger partial charge in [0.25, 0.3) is 0 Å². The molecule has 1 atom stereocenters. The number of benzene rings is 2. The topological polar surface area (TPSA) is 61.7 Å². The van der Waals surface area contributed by atoms with Gasteiger partial charge in [0.15, 0.2) is 5.78 Å². The SMILES string of the molecule is O=C1C[C@@H](c2ccccc2O)CC2=C1C=Nc1ccccc1N2. The maximum Gasteiger partial charge on any atom is 0.166 e. The van der Waals surface area contributed by atoms with Crippen LogP contribution >= 0.6 is 0 Å². The van der Waals surface area contributed by atoms with Crippen molar-refractivity contribution in [2.75, 3.05) is 5.32 Å². The average molecular weight is 304 g/mol. The molecular weight excluding hydrogens is 288 g/mol. The third-order valence-corrected chi connectivity index (χ3v) is 4.41. The Kier molecular flexibility index (Phi) is 3.23. The summed E-state index contributed by atoms with van der Waals surface area (Å²) in [5.41, 5.74) is 4.08. The minimum atomic E-state index is -0.0198. The quantitative estimate of drug-likeness (QED) is 0.839. The Bertz CT molecular complexity index is 852. The van der Waals surface area contributed by atoms with E-state index in [9.17, 15) is 9.90 Å². The van der Waals surface area contributed by atoms with Crippen molar-refractivity contribution in [1.29, 1.82) is 0 Å². The number of carbonyl (C=O) groups excluding carboxylic acids is 1. The lowest BCUT2D eigenvalue weighted by Crippen LogP contribution is -2.22. The van der Waals surface area contributed by atoms with Crippen LogP contribution in [0.2, 0.25) is 0 Å². The molecule has 23 heavy (non-hydrogen) atoms. The van der Waals surface area contributed by atoms with Crippen LogP contribution in [0.4, 0.5) is 11.4 Å². The predicted molar refractivity (Wildman–Crippen MR) is 90.3 cm³/mol. The van der Waals surface area contributed by atoms with E-state index in [1.165, 1.54) is 0 Å². The van der Waals surface area contributed by atoms with Gasteiger partial charge in [-0.05, 0) is 30.2 Å². The molecule has 0 spiro atoms. The number of rotatable bonds is 1. The van der Waals surface area contributed by atoms with Crippen LogP contribution in [0, 0.1) is 0 Å². The zero-order valence-electron chi connectivity index (χ0n) is 12.5. The second kappa shape index (κ2) is 5.39. The van der Waals surface area contributed by atoms with Crippen LogP contribution in [0.15, 0.2) is 64.8 Å². The number of allylic oxidation sites excluding steroid dienone is 2. The first-order chi connectivity index (χ1) is 11.2. The lowest BCUT2D eigenvalue weighted by atomic mass is 9.81. The van der Waals surface area contributed by atoms with Gasteiger partial charge in [-0.2, -0.15) is 0 Å². The number of fused-ring (bicyclic) bond motifs is 1. The van der Waals surface area contributed by atoms with Crippen LogP contribution in [0.25, 0.3) is 0 Å². The lowest BCUT2D eigenvalue weighted by Gasteiger charge is -2.26. The smallest absolute Gasteiger partial charge is 0.166 e. The number of phenolic OH excluding ortho intramolecular Hbond substituents is 1. The van der Waals surface area contributed by atoms with Crippen molar-refractivity contribution >= 4 is 23.4 Å². The van der Waals surface area contributed by atoms with Crippen molar-refractivity contribution in [1.82, 2.24) is 0 Å². The molecular formula is C19H16N2O2. The highest BCUT2D eigenvalue weighted by Crippen LogP contribution is 2.40. The van der Waals surface area contributed by atoms with Gasteiger partial charge in [-0.25, -0.2) is 0 Å². The van der Waals surface area contributed by atoms with Crippen LogP contribution in [-0.4, -0.2) is 17.1 Å². The normalized spacial score (nSPS) is 19.7. The minimum Gasteiger partial charge on any atom is -0.508 e. The van der Waals surface area contributed by atoms with Gasteiger partial charge in [0, 0.05) is 24.3 Å². The van der Waals surface area contributed by atoms with Crippen molar-refractivity contribution in [3.8, 4) is 5.75 Å². The first-order valence-corrected chi connectivity index (χ1v) is 7.67. The number of nitrogens with zero attached hydrogens (tertiary/aromatic N) is 1. The number of aromatic hydroxyl groups is 1. The molecule has 0 saturated carbocycles. The number of hydrogen-bond acceptors (Lipinski definition) is 4. The van der Waals surface area contributed by atoms with Crippen molar-refractivity contribution in [2.45, 2.75) is 18.8 Å². The fraction of sp³-hybridized carbons (Fsp3) is 0.158. The first-order valence-electron chi connectivity index (χ1n) is 7.67. The largest absolute Gasteiger partial charge is 0.508 e. The van der Waals surface area contributed by atoms with Gasteiger partial charge in [-0.15, -0.1) is 0 Å². The molecule has 0 saturated heterocycles. The summed E-state index contributed by atoms with van der Waals surface area (Å²) in [7, 11) is 0. The van der Waals surface area contributed by atoms with E-state index in [4.69, 9.17) is 0 Å². The molecule has 2 aromatic carbocycles. The molecule has 114 valence electrons. The molecule has 1 heterocycles. The van der Waals surface area contributed by atoms with Crippen molar-refractivity contribution in [3.63, 3.8) is 0 Å². The summed E-state index contributed by atoms with van der Waals surface area (Å²) in [6.07, 6.45) is 2.73. The summed E-state index contributed by atoms with van der Waals surface area (Å²) in [6.45, 7) is 0. The van der Waals surface area contributed by atoms with Gasteiger partial charge in [-0.3, -0.25) is 9.79 Å². The average Bonchev–Trinajstić information content (AvgIpc) is 2.74. The number of hydrogen-bond donors (Lipinski definition) is 2. The first kappa shape index (κ1) is 13.8. The summed E-state index contributed by atoms with van der Waals surface area (Å²) < 4.78 is 0. The summed E-state index contributed by atoms with van der Waals surface area (Å²) in [5, 5.41) is 13.4. The zero-order chi connectivity index (χ0) is 15.8. The van der Waals surface area contributed by atoms with Crippen LogP contribution in [-0.2, 0) is 4.79 Å². The summed E-state index contributed by atoms with van der Waals surface area (Å²) in [6, 6.07) is 15.0. The highest BCUT2D eigenvalue weighted by atomic mass is 16.3. The molecule has 4 nitrogen and oxygen atoms in total. The molecule has 4 rings (SSSR count). The van der Waals surface area contributed by atoms with Crippen molar-refractivity contribution in [2.24, 2.45) is 4.99 Å². The number of phenols is 1. The third kappa shape index (κ3) is 2.42. The summed E-state index contributed by atoms with van der Waals surface area (Å²) in [5.74, 6) is 0.286. The fourth-order valence-corrected chi connectivity index (χ4v) is 3.24. The molecule has 0 radical (unpaired) electrons. The Labute approximate surface area is 134 Å². The van der Waals surface area contributed by atoms with Gasteiger partial charge in [0.2, 0.25) is 0 Å². The molecule has 0 fully saturated rings. The lowest BCUT2D eigenvalue weighted by molar-refractivity contribution is -0.115.